The number of aryl methyl sites for hydroxylation is 1. The Morgan fingerprint density at radius 3 is 3.00 bits per heavy atom. The maximum Gasteiger partial charge on any atom is 0.123 e. The van der Waals surface area contributed by atoms with Crippen LogP contribution in [0.25, 0.3) is 0 Å². The van der Waals surface area contributed by atoms with Crippen molar-refractivity contribution in [2.75, 3.05) is 13.2 Å². The first-order chi connectivity index (χ1) is 8.09. The minimum absolute atomic E-state index is 0.0248. The van der Waals surface area contributed by atoms with Crippen molar-refractivity contribution in [3.8, 4) is 0 Å². The smallest absolute Gasteiger partial charge is 0.123 e. The van der Waals surface area contributed by atoms with E-state index in [-0.39, 0.29) is 11.4 Å². The number of halogens is 1. The molecule has 0 aliphatic carbocycles. The summed E-state index contributed by atoms with van der Waals surface area (Å²) in [6.45, 7) is 6.47. The van der Waals surface area contributed by atoms with E-state index in [1.165, 1.54) is 6.07 Å². The third-order valence-electron chi connectivity index (χ3n) is 3.45. The lowest BCUT2D eigenvalue weighted by atomic mass is 9.94. The molecule has 2 rings (SSSR count). The molecule has 94 valence electrons. The Bertz CT molecular complexity index is 386. The highest BCUT2D eigenvalue weighted by molar-refractivity contribution is 5.26. The Morgan fingerprint density at radius 2 is 2.29 bits per heavy atom. The molecular formula is C14H20FNO. The second kappa shape index (κ2) is 5.15. The number of benzene rings is 1. The van der Waals surface area contributed by atoms with Gasteiger partial charge in [0.25, 0.3) is 0 Å². The Balaban J connectivity index is 1.99. The molecule has 1 fully saturated rings. The zero-order valence-corrected chi connectivity index (χ0v) is 10.6. The highest BCUT2D eigenvalue weighted by Crippen LogP contribution is 2.19. The van der Waals surface area contributed by atoms with Crippen molar-refractivity contribution >= 4 is 0 Å². The third-order valence-corrected chi connectivity index (χ3v) is 3.45. The molecule has 0 radical (unpaired) electrons. The fourth-order valence-electron chi connectivity index (χ4n) is 2.21. The molecule has 0 spiro atoms. The largest absolute Gasteiger partial charge is 0.380 e. The van der Waals surface area contributed by atoms with Crippen molar-refractivity contribution in [1.82, 2.24) is 5.32 Å². The van der Waals surface area contributed by atoms with Gasteiger partial charge in [0.2, 0.25) is 0 Å². The van der Waals surface area contributed by atoms with Gasteiger partial charge in [0.1, 0.15) is 5.82 Å². The van der Waals surface area contributed by atoms with E-state index < -0.39 is 0 Å². The summed E-state index contributed by atoms with van der Waals surface area (Å²) in [6.07, 6.45) is 2.20. The molecule has 3 heteroatoms. The molecule has 1 unspecified atom stereocenters. The first-order valence-corrected chi connectivity index (χ1v) is 6.17. The van der Waals surface area contributed by atoms with Crippen LogP contribution in [0.3, 0.4) is 0 Å². The van der Waals surface area contributed by atoms with Crippen LogP contribution in [-0.2, 0) is 11.3 Å². The SMILES string of the molecule is Cc1ccc(F)cc1CNC1(C)CCCOC1. The fourth-order valence-corrected chi connectivity index (χ4v) is 2.21. The summed E-state index contributed by atoms with van der Waals surface area (Å²) in [5, 5.41) is 3.49. The minimum Gasteiger partial charge on any atom is -0.380 e. The zero-order valence-electron chi connectivity index (χ0n) is 10.6. The first-order valence-electron chi connectivity index (χ1n) is 6.17. The number of nitrogens with one attached hydrogen (secondary N) is 1. The highest BCUT2D eigenvalue weighted by Gasteiger charge is 2.26. The molecule has 0 saturated carbocycles. The van der Waals surface area contributed by atoms with Gasteiger partial charge in [-0.25, -0.2) is 4.39 Å². The molecule has 0 amide bonds. The second-order valence-corrected chi connectivity index (χ2v) is 5.14. The normalized spacial score (nSPS) is 24.9. The Kier molecular flexibility index (Phi) is 3.79. The lowest BCUT2D eigenvalue weighted by Crippen LogP contribution is -2.48. The molecule has 1 heterocycles. The average Bonchev–Trinajstić information content (AvgIpc) is 2.31. The van der Waals surface area contributed by atoms with E-state index in [0.717, 1.165) is 37.2 Å². The van der Waals surface area contributed by atoms with Crippen LogP contribution in [0.15, 0.2) is 18.2 Å². The quantitative estimate of drug-likeness (QED) is 0.872. The van der Waals surface area contributed by atoms with Crippen molar-refractivity contribution in [2.45, 2.75) is 38.8 Å². The Morgan fingerprint density at radius 1 is 1.47 bits per heavy atom. The molecular weight excluding hydrogens is 217 g/mol. The molecule has 2 nitrogen and oxygen atoms in total. The predicted molar refractivity (Wildman–Crippen MR) is 66.4 cm³/mol. The first kappa shape index (κ1) is 12.5. The van der Waals surface area contributed by atoms with Gasteiger partial charge in [-0.1, -0.05) is 6.07 Å². The van der Waals surface area contributed by atoms with Crippen molar-refractivity contribution in [1.29, 1.82) is 0 Å². The van der Waals surface area contributed by atoms with Gasteiger partial charge >= 0.3 is 0 Å². The number of rotatable bonds is 3. The van der Waals surface area contributed by atoms with E-state index in [2.05, 4.69) is 12.2 Å². The molecule has 1 atom stereocenters. The van der Waals surface area contributed by atoms with E-state index in [1.54, 1.807) is 6.07 Å². The lowest BCUT2D eigenvalue weighted by Gasteiger charge is -2.34. The molecule has 1 N–H and O–H groups in total. The molecule has 1 aliphatic heterocycles. The summed E-state index contributed by atoms with van der Waals surface area (Å²) in [5.74, 6) is -0.169. The van der Waals surface area contributed by atoms with Crippen LogP contribution in [0.5, 0.6) is 0 Å². The zero-order chi connectivity index (χ0) is 12.3. The predicted octanol–water partition coefficient (Wildman–Crippen LogP) is 2.79. The van der Waals surface area contributed by atoms with Crippen LogP contribution in [-0.4, -0.2) is 18.8 Å². The number of hydrogen-bond acceptors (Lipinski definition) is 2. The molecule has 1 saturated heterocycles. The third kappa shape index (κ3) is 3.27. The van der Waals surface area contributed by atoms with Gasteiger partial charge in [0, 0.05) is 18.7 Å². The van der Waals surface area contributed by atoms with Gasteiger partial charge in [-0.05, 0) is 49.9 Å². The Hall–Kier alpha value is -0.930. The average molecular weight is 237 g/mol. The van der Waals surface area contributed by atoms with Gasteiger partial charge in [0.05, 0.1) is 6.61 Å². The highest BCUT2D eigenvalue weighted by atomic mass is 19.1. The van der Waals surface area contributed by atoms with Gasteiger partial charge in [-0.3, -0.25) is 0 Å². The molecule has 1 aromatic carbocycles. The Labute approximate surface area is 102 Å². The maximum absolute atomic E-state index is 13.2. The maximum atomic E-state index is 13.2. The van der Waals surface area contributed by atoms with Crippen LogP contribution in [0.2, 0.25) is 0 Å². The van der Waals surface area contributed by atoms with Gasteiger partial charge in [-0.15, -0.1) is 0 Å². The van der Waals surface area contributed by atoms with Crippen LogP contribution >= 0.6 is 0 Å². The second-order valence-electron chi connectivity index (χ2n) is 5.14. The van der Waals surface area contributed by atoms with Crippen LogP contribution in [0, 0.1) is 12.7 Å². The van der Waals surface area contributed by atoms with E-state index in [9.17, 15) is 4.39 Å². The van der Waals surface area contributed by atoms with Crippen molar-refractivity contribution in [3.63, 3.8) is 0 Å². The molecule has 0 aromatic heterocycles. The number of ether oxygens (including phenoxy) is 1. The van der Waals surface area contributed by atoms with E-state index in [4.69, 9.17) is 4.74 Å². The van der Waals surface area contributed by atoms with E-state index in [1.807, 2.05) is 13.0 Å². The van der Waals surface area contributed by atoms with Crippen molar-refractivity contribution < 1.29 is 9.13 Å². The lowest BCUT2D eigenvalue weighted by molar-refractivity contribution is 0.0277. The summed E-state index contributed by atoms with van der Waals surface area (Å²) < 4.78 is 18.6. The van der Waals surface area contributed by atoms with E-state index >= 15 is 0 Å². The topological polar surface area (TPSA) is 21.3 Å². The van der Waals surface area contributed by atoms with Crippen LogP contribution in [0.1, 0.15) is 30.9 Å². The molecule has 1 aliphatic rings. The number of hydrogen-bond donors (Lipinski definition) is 1. The monoisotopic (exact) mass is 237 g/mol. The van der Waals surface area contributed by atoms with Crippen LogP contribution < -0.4 is 5.32 Å². The van der Waals surface area contributed by atoms with Crippen molar-refractivity contribution in [2.24, 2.45) is 0 Å². The van der Waals surface area contributed by atoms with Gasteiger partial charge in [-0.2, -0.15) is 0 Å². The molecule has 0 bridgehead atoms. The standard InChI is InChI=1S/C14H20FNO/c1-11-4-5-13(15)8-12(11)9-16-14(2)6-3-7-17-10-14/h4-5,8,16H,3,6-7,9-10H2,1-2H3. The minimum atomic E-state index is -0.169. The molecule has 17 heavy (non-hydrogen) atoms. The van der Waals surface area contributed by atoms with Gasteiger partial charge < -0.3 is 10.1 Å². The summed E-state index contributed by atoms with van der Waals surface area (Å²) in [6, 6.07) is 4.94. The van der Waals surface area contributed by atoms with Crippen molar-refractivity contribution in [3.05, 3.63) is 35.1 Å². The summed E-state index contributed by atoms with van der Waals surface area (Å²) in [7, 11) is 0. The molecule has 1 aromatic rings. The summed E-state index contributed by atoms with van der Waals surface area (Å²) in [4.78, 5) is 0. The van der Waals surface area contributed by atoms with Crippen LogP contribution in [0.4, 0.5) is 4.39 Å². The summed E-state index contributed by atoms with van der Waals surface area (Å²) >= 11 is 0. The fraction of sp³-hybridized carbons (Fsp3) is 0.571. The van der Waals surface area contributed by atoms with Gasteiger partial charge in [0.15, 0.2) is 0 Å². The summed E-state index contributed by atoms with van der Waals surface area (Å²) in [5.41, 5.74) is 2.17. The van der Waals surface area contributed by atoms with E-state index in [0.29, 0.717) is 6.54 Å².